The maximum absolute atomic E-state index is 12.8. The molecule has 2 amide bonds. The summed E-state index contributed by atoms with van der Waals surface area (Å²) < 4.78 is 10.5. The van der Waals surface area contributed by atoms with E-state index in [-0.39, 0.29) is 5.57 Å². The SMILES string of the molecule is COC(=O)c1ccc(N2NC(=O)/C(=C\c3ccc(-c4cccc(Cl)c4C)o3)C2=O)cc1. The number of hydrogen-bond donors (Lipinski definition) is 1. The number of anilines is 1. The Morgan fingerprint density at radius 3 is 2.55 bits per heavy atom. The van der Waals surface area contributed by atoms with Crippen molar-refractivity contribution in [3.63, 3.8) is 0 Å². The van der Waals surface area contributed by atoms with Crippen LogP contribution in [0.1, 0.15) is 21.7 Å². The number of methoxy groups -OCH3 is 1. The van der Waals surface area contributed by atoms with Crippen molar-refractivity contribution in [2.45, 2.75) is 6.92 Å². The molecule has 7 nitrogen and oxygen atoms in total. The summed E-state index contributed by atoms with van der Waals surface area (Å²) in [5.74, 6) is -0.650. The molecule has 0 saturated carbocycles. The molecule has 1 N–H and O–H groups in total. The number of carbonyl (C=O) groups excluding carboxylic acids is 3. The predicted octanol–water partition coefficient (Wildman–Crippen LogP) is 4.16. The molecule has 2 aromatic carbocycles. The van der Waals surface area contributed by atoms with Gasteiger partial charge in [-0.2, -0.15) is 0 Å². The third-order valence-electron chi connectivity index (χ3n) is 4.88. The van der Waals surface area contributed by atoms with Gasteiger partial charge in [0.05, 0.1) is 18.4 Å². The Morgan fingerprint density at radius 1 is 1.10 bits per heavy atom. The second-order valence-electron chi connectivity index (χ2n) is 6.79. The highest BCUT2D eigenvalue weighted by Crippen LogP contribution is 2.31. The van der Waals surface area contributed by atoms with Crippen molar-refractivity contribution >= 4 is 41.1 Å². The van der Waals surface area contributed by atoms with Crippen LogP contribution >= 0.6 is 11.6 Å². The van der Waals surface area contributed by atoms with Crippen molar-refractivity contribution < 1.29 is 23.5 Å². The lowest BCUT2D eigenvalue weighted by molar-refractivity contribution is -0.117. The Hall–Kier alpha value is -3.84. The minimum atomic E-state index is -0.557. The molecule has 0 atom stereocenters. The molecule has 156 valence electrons. The molecule has 0 unspecified atom stereocenters. The first-order valence-corrected chi connectivity index (χ1v) is 9.67. The van der Waals surface area contributed by atoms with Crippen molar-refractivity contribution in [2.75, 3.05) is 12.1 Å². The van der Waals surface area contributed by atoms with Gasteiger partial charge in [0.1, 0.15) is 17.1 Å². The summed E-state index contributed by atoms with van der Waals surface area (Å²) in [6.45, 7) is 1.88. The fourth-order valence-electron chi connectivity index (χ4n) is 3.20. The lowest BCUT2D eigenvalue weighted by Crippen LogP contribution is -2.35. The number of carbonyl (C=O) groups is 3. The number of nitrogens with one attached hydrogen (secondary N) is 1. The number of ether oxygens (including phenoxy) is 1. The van der Waals surface area contributed by atoms with Crippen LogP contribution in [-0.4, -0.2) is 24.9 Å². The summed E-state index contributed by atoms with van der Waals surface area (Å²) in [5.41, 5.74) is 4.87. The van der Waals surface area contributed by atoms with Gasteiger partial charge in [-0.25, -0.2) is 9.80 Å². The molecular formula is C23H17ClN2O5. The largest absolute Gasteiger partial charge is 0.465 e. The van der Waals surface area contributed by atoms with Gasteiger partial charge in [-0.05, 0) is 61.0 Å². The number of amides is 2. The van der Waals surface area contributed by atoms with Gasteiger partial charge in [0.2, 0.25) is 0 Å². The lowest BCUT2D eigenvalue weighted by atomic mass is 10.1. The van der Waals surface area contributed by atoms with Crippen LogP contribution in [-0.2, 0) is 14.3 Å². The molecule has 8 heteroatoms. The summed E-state index contributed by atoms with van der Waals surface area (Å²) in [6.07, 6.45) is 1.39. The van der Waals surface area contributed by atoms with Gasteiger partial charge in [-0.15, -0.1) is 0 Å². The van der Waals surface area contributed by atoms with Crippen molar-refractivity contribution in [2.24, 2.45) is 0 Å². The molecule has 4 rings (SSSR count). The monoisotopic (exact) mass is 436 g/mol. The van der Waals surface area contributed by atoms with Crippen LogP contribution in [0.25, 0.3) is 17.4 Å². The van der Waals surface area contributed by atoms with Gasteiger partial charge in [0, 0.05) is 10.6 Å². The first kappa shape index (κ1) is 20.4. The van der Waals surface area contributed by atoms with Crippen LogP contribution in [0.4, 0.5) is 5.69 Å². The molecule has 2 heterocycles. The summed E-state index contributed by atoms with van der Waals surface area (Å²) >= 11 is 6.17. The smallest absolute Gasteiger partial charge is 0.337 e. The number of hydrazine groups is 1. The van der Waals surface area contributed by atoms with E-state index in [2.05, 4.69) is 10.2 Å². The van der Waals surface area contributed by atoms with E-state index in [1.807, 2.05) is 19.1 Å². The number of rotatable bonds is 4. The van der Waals surface area contributed by atoms with Crippen LogP contribution in [0.2, 0.25) is 5.02 Å². The van der Waals surface area contributed by atoms with Gasteiger partial charge >= 0.3 is 5.97 Å². The molecule has 0 bridgehead atoms. The highest BCUT2D eigenvalue weighted by Gasteiger charge is 2.34. The second-order valence-corrected chi connectivity index (χ2v) is 7.20. The highest BCUT2D eigenvalue weighted by atomic mass is 35.5. The number of esters is 1. The van der Waals surface area contributed by atoms with Crippen LogP contribution in [0.15, 0.2) is 64.6 Å². The molecule has 1 aliphatic rings. The Kier molecular flexibility index (Phi) is 5.35. The Morgan fingerprint density at radius 2 is 1.84 bits per heavy atom. The van der Waals surface area contributed by atoms with Gasteiger partial charge in [0.25, 0.3) is 11.8 Å². The molecular weight excluding hydrogens is 420 g/mol. The van der Waals surface area contributed by atoms with Crippen LogP contribution < -0.4 is 10.4 Å². The van der Waals surface area contributed by atoms with Gasteiger partial charge in [0.15, 0.2) is 0 Å². The van der Waals surface area contributed by atoms with Crippen LogP contribution in [0.5, 0.6) is 0 Å². The fraction of sp³-hybridized carbons (Fsp3) is 0.0870. The maximum atomic E-state index is 12.8. The summed E-state index contributed by atoms with van der Waals surface area (Å²) in [4.78, 5) is 36.8. The van der Waals surface area contributed by atoms with Gasteiger partial charge in [-0.1, -0.05) is 23.7 Å². The van der Waals surface area contributed by atoms with E-state index >= 15 is 0 Å². The van der Waals surface area contributed by atoms with Crippen molar-refractivity contribution in [3.05, 3.63) is 82.1 Å². The normalized spacial score (nSPS) is 14.8. The molecule has 1 aromatic heterocycles. The number of furan rings is 1. The average molecular weight is 437 g/mol. The average Bonchev–Trinajstić information content (AvgIpc) is 3.35. The first-order valence-electron chi connectivity index (χ1n) is 9.30. The fourth-order valence-corrected chi connectivity index (χ4v) is 3.37. The lowest BCUT2D eigenvalue weighted by Gasteiger charge is -2.14. The zero-order valence-corrected chi connectivity index (χ0v) is 17.4. The second kappa shape index (κ2) is 8.12. The molecule has 3 aromatic rings. The zero-order chi connectivity index (χ0) is 22.1. The molecule has 0 aliphatic carbocycles. The van der Waals surface area contributed by atoms with Gasteiger partial charge < -0.3 is 9.15 Å². The molecule has 1 saturated heterocycles. The van der Waals surface area contributed by atoms with Crippen molar-refractivity contribution in [1.29, 1.82) is 0 Å². The van der Waals surface area contributed by atoms with E-state index in [4.69, 9.17) is 16.0 Å². The summed E-state index contributed by atoms with van der Waals surface area (Å²) in [7, 11) is 1.28. The minimum absolute atomic E-state index is 0.0687. The molecule has 1 aliphatic heterocycles. The zero-order valence-electron chi connectivity index (χ0n) is 16.6. The quantitative estimate of drug-likeness (QED) is 0.377. The summed E-state index contributed by atoms with van der Waals surface area (Å²) in [6, 6.07) is 15.0. The topological polar surface area (TPSA) is 88.8 Å². The highest BCUT2D eigenvalue weighted by molar-refractivity contribution is 6.32. The number of hydrogen-bond acceptors (Lipinski definition) is 5. The third kappa shape index (κ3) is 3.83. The standard InChI is InChI=1S/C23H17ClN2O5/c1-13-17(4-3-5-19(13)24)20-11-10-16(31-20)12-18-21(27)25-26(22(18)28)15-8-6-14(7-9-15)23(29)30-2/h3-12H,1-2H3,(H,25,27)/b18-12+. The predicted molar refractivity (Wildman–Crippen MR) is 115 cm³/mol. The van der Waals surface area contributed by atoms with E-state index < -0.39 is 17.8 Å². The van der Waals surface area contributed by atoms with E-state index in [1.165, 1.54) is 25.3 Å². The van der Waals surface area contributed by atoms with Crippen LogP contribution in [0.3, 0.4) is 0 Å². The summed E-state index contributed by atoms with van der Waals surface area (Å²) in [5, 5.41) is 1.73. The van der Waals surface area contributed by atoms with Crippen molar-refractivity contribution in [3.8, 4) is 11.3 Å². The van der Waals surface area contributed by atoms with Crippen molar-refractivity contribution in [1.82, 2.24) is 5.43 Å². The Labute approximate surface area is 182 Å². The Balaban J connectivity index is 1.59. The van der Waals surface area contributed by atoms with Gasteiger partial charge in [-0.3, -0.25) is 15.0 Å². The van der Waals surface area contributed by atoms with E-state index in [1.54, 1.807) is 30.3 Å². The molecule has 31 heavy (non-hydrogen) atoms. The molecule has 1 fully saturated rings. The Bertz CT molecular complexity index is 1230. The number of halogens is 1. The number of nitrogens with zero attached hydrogens (tertiary/aromatic N) is 1. The van der Waals surface area contributed by atoms with E-state index in [9.17, 15) is 14.4 Å². The van der Waals surface area contributed by atoms with E-state index in [0.717, 1.165) is 16.1 Å². The van der Waals surface area contributed by atoms with Crippen LogP contribution in [0, 0.1) is 6.92 Å². The molecule has 0 spiro atoms. The third-order valence-corrected chi connectivity index (χ3v) is 5.29. The first-order chi connectivity index (χ1) is 14.9. The maximum Gasteiger partial charge on any atom is 0.337 e. The number of benzene rings is 2. The van der Waals surface area contributed by atoms with E-state index in [0.29, 0.717) is 27.8 Å². The molecule has 0 radical (unpaired) electrons. The minimum Gasteiger partial charge on any atom is -0.465 e.